The Morgan fingerprint density at radius 1 is 1.00 bits per heavy atom. The molecule has 1 amide bonds. The molecule has 0 aliphatic carbocycles. The number of carbonyl (C=O) groups is 2. The van der Waals surface area contributed by atoms with E-state index in [1.54, 1.807) is 42.3 Å². The van der Waals surface area contributed by atoms with Gasteiger partial charge in [0.25, 0.3) is 11.7 Å². The Bertz CT molecular complexity index is 1160. The van der Waals surface area contributed by atoms with Crippen molar-refractivity contribution in [1.29, 1.82) is 0 Å². The highest BCUT2D eigenvalue weighted by molar-refractivity contribution is 6.46. The number of hydrogen-bond donors (Lipinski definition) is 1. The molecule has 0 radical (unpaired) electrons. The number of Topliss-reactive ketones (excluding diaryl/α,β-unsaturated/α-hetero) is 1. The minimum absolute atomic E-state index is 0.0575. The molecule has 0 saturated carbocycles. The van der Waals surface area contributed by atoms with Gasteiger partial charge < -0.3 is 29.1 Å². The maximum atomic E-state index is 13.4. The molecule has 1 aliphatic rings. The third-order valence-electron chi connectivity index (χ3n) is 6.74. The van der Waals surface area contributed by atoms with Crippen LogP contribution in [-0.2, 0) is 9.59 Å². The predicted octanol–water partition coefficient (Wildman–Crippen LogP) is 4.56. The topological polar surface area (TPSA) is 88.5 Å². The maximum absolute atomic E-state index is 13.4. The van der Waals surface area contributed by atoms with Crippen molar-refractivity contribution in [3.8, 4) is 17.2 Å². The van der Waals surface area contributed by atoms with Crippen LogP contribution >= 0.6 is 0 Å². The SMILES string of the molecule is CCCOc1ccc(C(O)=C2C(=O)C(=O)N(CCN(CC)CC)[C@@H]2c2ccc(OC)c(OC)c2)c(C)c1. The fraction of sp³-hybridized carbons (Fsp3) is 0.448. The number of carbonyl (C=O) groups excluding carboxylic acids is 2. The number of ether oxygens (including phenoxy) is 3. The Balaban J connectivity index is 2.14. The van der Waals surface area contributed by atoms with E-state index in [0.29, 0.717) is 48.1 Å². The highest BCUT2D eigenvalue weighted by Crippen LogP contribution is 2.42. The molecule has 37 heavy (non-hydrogen) atoms. The lowest BCUT2D eigenvalue weighted by Gasteiger charge is -2.28. The summed E-state index contributed by atoms with van der Waals surface area (Å²) in [6.45, 7) is 11.2. The van der Waals surface area contributed by atoms with Gasteiger partial charge in [0.15, 0.2) is 11.5 Å². The lowest BCUT2D eigenvalue weighted by atomic mass is 9.93. The number of amides is 1. The number of aliphatic hydroxyl groups excluding tert-OH is 1. The first-order valence-electron chi connectivity index (χ1n) is 12.8. The van der Waals surface area contributed by atoms with Gasteiger partial charge in [-0.15, -0.1) is 0 Å². The number of aryl methyl sites for hydroxylation is 1. The number of nitrogens with zero attached hydrogens (tertiary/aromatic N) is 2. The summed E-state index contributed by atoms with van der Waals surface area (Å²) in [5.74, 6) is 0.152. The first kappa shape index (κ1) is 28.1. The smallest absolute Gasteiger partial charge is 0.295 e. The molecule has 0 spiro atoms. The van der Waals surface area contributed by atoms with E-state index in [-0.39, 0.29) is 11.3 Å². The van der Waals surface area contributed by atoms with Crippen molar-refractivity contribution in [3.05, 3.63) is 58.7 Å². The molecule has 1 aliphatic heterocycles. The van der Waals surface area contributed by atoms with Crippen LogP contribution in [0.15, 0.2) is 42.0 Å². The molecule has 1 fully saturated rings. The molecule has 1 saturated heterocycles. The highest BCUT2D eigenvalue weighted by atomic mass is 16.5. The second kappa shape index (κ2) is 12.6. The second-order valence-electron chi connectivity index (χ2n) is 8.96. The van der Waals surface area contributed by atoms with E-state index in [9.17, 15) is 14.7 Å². The van der Waals surface area contributed by atoms with E-state index < -0.39 is 17.7 Å². The Hall–Kier alpha value is -3.52. The van der Waals surface area contributed by atoms with Crippen molar-refractivity contribution in [1.82, 2.24) is 9.80 Å². The normalized spacial score (nSPS) is 16.9. The molecule has 3 rings (SSSR count). The third-order valence-corrected chi connectivity index (χ3v) is 6.74. The third kappa shape index (κ3) is 5.91. The molecule has 8 heteroatoms. The number of ketones is 1. The van der Waals surface area contributed by atoms with E-state index >= 15 is 0 Å². The molecule has 1 heterocycles. The molecule has 200 valence electrons. The zero-order chi connectivity index (χ0) is 27.1. The summed E-state index contributed by atoms with van der Waals surface area (Å²) in [5.41, 5.74) is 1.93. The van der Waals surface area contributed by atoms with Crippen molar-refractivity contribution in [2.75, 3.05) is 47.0 Å². The maximum Gasteiger partial charge on any atom is 0.295 e. The van der Waals surface area contributed by atoms with Crippen LogP contribution in [0.3, 0.4) is 0 Å². The van der Waals surface area contributed by atoms with Gasteiger partial charge in [0, 0.05) is 18.7 Å². The van der Waals surface area contributed by atoms with Crippen molar-refractivity contribution < 1.29 is 28.9 Å². The standard InChI is InChI=1S/C29H38N2O6/c1-7-16-37-21-11-12-22(19(4)17-21)27(32)25-26(20-10-13-23(35-5)24(18-20)36-6)31(29(34)28(25)33)15-14-30(8-2)9-3/h10-13,17-18,26,32H,7-9,14-16H2,1-6H3/t26-/m1/s1. The van der Waals surface area contributed by atoms with Gasteiger partial charge in [-0.05, 0) is 67.9 Å². The van der Waals surface area contributed by atoms with Crippen LogP contribution in [0.5, 0.6) is 17.2 Å². The van der Waals surface area contributed by atoms with Crippen molar-refractivity contribution in [3.63, 3.8) is 0 Å². The average molecular weight is 511 g/mol. The van der Waals surface area contributed by atoms with E-state index in [1.165, 1.54) is 7.11 Å². The molecule has 0 bridgehead atoms. The second-order valence-corrected chi connectivity index (χ2v) is 8.96. The van der Waals surface area contributed by atoms with Gasteiger partial charge in [-0.25, -0.2) is 0 Å². The first-order chi connectivity index (χ1) is 17.8. The van der Waals surface area contributed by atoms with Crippen LogP contribution in [0.25, 0.3) is 5.76 Å². The monoisotopic (exact) mass is 510 g/mol. The number of likely N-dealkylation sites (tertiary alicyclic amines) is 1. The lowest BCUT2D eigenvalue weighted by Crippen LogP contribution is -2.38. The van der Waals surface area contributed by atoms with Gasteiger partial charge in [-0.1, -0.05) is 26.8 Å². The fourth-order valence-electron chi connectivity index (χ4n) is 4.63. The van der Waals surface area contributed by atoms with E-state index in [1.807, 2.05) is 19.9 Å². The first-order valence-corrected chi connectivity index (χ1v) is 12.8. The minimum Gasteiger partial charge on any atom is -0.507 e. The van der Waals surface area contributed by atoms with Crippen LogP contribution in [0, 0.1) is 6.92 Å². The highest BCUT2D eigenvalue weighted by Gasteiger charge is 2.46. The molecule has 0 unspecified atom stereocenters. The Morgan fingerprint density at radius 3 is 2.30 bits per heavy atom. The number of hydrogen-bond acceptors (Lipinski definition) is 7. The molecule has 2 aromatic rings. The molecular weight excluding hydrogens is 472 g/mol. The zero-order valence-electron chi connectivity index (χ0n) is 22.7. The summed E-state index contributed by atoms with van der Waals surface area (Å²) in [6.07, 6.45) is 0.878. The summed E-state index contributed by atoms with van der Waals surface area (Å²) in [6, 6.07) is 9.83. The van der Waals surface area contributed by atoms with Gasteiger partial charge in [0.1, 0.15) is 11.5 Å². The molecule has 1 atom stereocenters. The number of rotatable bonds is 12. The van der Waals surface area contributed by atoms with Gasteiger partial charge in [0.05, 0.1) is 32.4 Å². The van der Waals surface area contributed by atoms with Crippen LogP contribution < -0.4 is 14.2 Å². The zero-order valence-corrected chi connectivity index (χ0v) is 22.7. The Labute approximate surface area is 219 Å². The summed E-state index contributed by atoms with van der Waals surface area (Å²) in [4.78, 5) is 30.4. The molecule has 1 N–H and O–H groups in total. The van der Waals surface area contributed by atoms with Crippen LogP contribution in [0.4, 0.5) is 0 Å². The number of methoxy groups -OCH3 is 2. The van der Waals surface area contributed by atoms with E-state index in [2.05, 4.69) is 18.7 Å². The van der Waals surface area contributed by atoms with E-state index in [4.69, 9.17) is 14.2 Å². The largest absolute Gasteiger partial charge is 0.507 e. The summed E-state index contributed by atoms with van der Waals surface area (Å²) in [5, 5.41) is 11.5. The number of likely N-dealkylation sites (N-methyl/N-ethyl adjacent to an activating group) is 1. The van der Waals surface area contributed by atoms with Crippen LogP contribution in [0.2, 0.25) is 0 Å². The molecule has 8 nitrogen and oxygen atoms in total. The molecule has 0 aromatic heterocycles. The van der Waals surface area contributed by atoms with Gasteiger partial charge in [-0.3, -0.25) is 9.59 Å². The van der Waals surface area contributed by atoms with Gasteiger partial charge >= 0.3 is 0 Å². The lowest BCUT2D eigenvalue weighted by molar-refractivity contribution is -0.140. The van der Waals surface area contributed by atoms with Crippen LogP contribution in [-0.4, -0.2) is 73.6 Å². The number of aliphatic hydroxyl groups is 1. The van der Waals surface area contributed by atoms with Crippen molar-refractivity contribution in [2.45, 2.75) is 40.2 Å². The number of benzene rings is 2. The van der Waals surface area contributed by atoms with Crippen LogP contribution in [0.1, 0.15) is 49.9 Å². The molecule has 2 aromatic carbocycles. The van der Waals surface area contributed by atoms with Crippen molar-refractivity contribution in [2.24, 2.45) is 0 Å². The summed E-state index contributed by atoms with van der Waals surface area (Å²) < 4.78 is 16.6. The Kier molecular flexibility index (Phi) is 9.58. The van der Waals surface area contributed by atoms with E-state index in [0.717, 1.165) is 25.1 Å². The average Bonchev–Trinajstić information content (AvgIpc) is 3.16. The molecular formula is C29H38N2O6. The quantitative estimate of drug-likeness (QED) is 0.254. The van der Waals surface area contributed by atoms with Gasteiger partial charge in [0.2, 0.25) is 0 Å². The van der Waals surface area contributed by atoms with Crippen molar-refractivity contribution >= 4 is 17.4 Å². The predicted molar refractivity (Wildman–Crippen MR) is 143 cm³/mol. The fourth-order valence-corrected chi connectivity index (χ4v) is 4.63. The van der Waals surface area contributed by atoms with Gasteiger partial charge in [-0.2, -0.15) is 0 Å². The summed E-state index contributed by atoms with van der Waals surface area (Å²) >= 11 is 0. The Morgan fingerprint density at radius 2 is 1.70 bits per heavy atom. The minimum atomic E-state index is -0.772. The summed E-state index contributed by atoms with van der Waals surface area (Å²) in [7, 11) is 3.08.